The second-order valence-electron chi connectivity index (χ2n) is 4.39. The summed E-state index contributed by atoms with van der Waals surface area (Å²) in [5, 5.41) is 7.84. The summed E-state index contributed by atoms with van der Waals surface area (Å²) >= 11 is 0. The predicted molar refractivity (Wildman–Crippen MR) is 67.0 cm³/mol. The quantitative estimate of drug-likeness (QED) is 0.767. The summed E-state index contributed by atoms with van der Waals surface area (Å²) in [6.07, 6.45) is 2.08. The number of aryl methyl sites for hydroxylation is 1. The van der Waals surface area contributed by atoms with E-state index in [0.29, 0.717) is 12.5 Å². The van der Waals surface area contributed by atoms with Gasteiger partial charge in [0.25, 0.3) is 0 Å². The van der Waals surface area contributed by atoms with Crippen molar-refractivity contribution in [3.63, 3.8) is 0 Å². The Morgan fingerprint density at radius 2 is 2.25 bits per heavy atom. The maximum atomic E-state index is 4.42. The zero-order valence-corrected chi connectivity index (χ0v) is 10.7. The normalized spacial score (nSPS) is 10.3. The van der Waals surface area contributed by atoms with Gasteiger partial charge in [-0.3, -0.25) is 4.68 Å². The summed E-state index contributed by atoms with van der Waals surface area (Å²) < 4.78 is 1.90. The second-order valence-corrected chi connectivity index (χ2v) is 4.39. The first-order chi connectivity index (χ1) is 7.63. The maximum absolute atomic E-state index is 4.42. The van der Waals surface area contributed by atoms with Gasteiger partial charge in [0.05, 0.1) is 5.69 Å². The molecule has 1 aromatic heterocycles. The molecule has 0 aliphatic carbocycles. The van der Waals surface area contributed by atoms with Crippen molar-refractivity contribution in [1.82, 2.24) is 15.1 Å². The first-order valence-electron chi connectivity index (χ1n) is 5.76. The van der Waals surface area contributed by atoms with Crippen molar-refractivity contribution in [2.75, 3.05) is 6.54 Å². The van der Waals surface area contributed by atoms with E-state index >= 15 is 0 Å². The molecule has 1 aromatic rings. The van der Waals surface area contributed by atoms with Gasteiger partial charge < -0.3 is 5.32 Å². The molecule has 0 saturated carbocycles. The van der Waals surface area contributed by atoms with Crippen LogP contribution in [-0.2, 0) is 13.1 Å². The third-order valence-electron chi connectivity index (χ3n) is 2.33. The number of rotatable bonds is 5. The van der Waals surface area contributed by atoms with Crippen molar-refractivity contribution >= 4 is 0 Å². The van der Waals surface area contributed by atoms with Gasteiger partial charge in [-0.25, -0.2) is 0 Å². The van der Waals surface area contributed by atoms with E-state index in [9.17, 15) is 0 Å². The van der Waals surface area contributed by atoms with E-state index < -0.39 is 0 Å². The van der Waals surface area contributed by atoms with Gasteiger partial charge in [0.1, 0.15) is 6.54 Å². The van der Waals surface area contributed by atoms with Crippen molar-refractivity contribution in [2.45, 2.75) is 40.8 Å². The number of hydrogen-bond acceptors (Lipinski definition) is 2. The van der Waals surface area contributed by atoms with Gasteiger partial charge in [0, 0.05) is 18.3 Å². The highest BCUT2D eigenvalue weighted by molar-refractivity contribution is 5.15. The third kappa shape index (κ3) is 4.08. The van der Waals surface area contributed by atoms with E-state index in [1.54, 1.807) is 0 Å². The van der Waals surface area contributed by atoms with E-state index in [-0.39, 0.29) is 0 Å². The number of nitrogens with zero attached hydrogens (tertiary/aromatic N) is 2. The van der Waals surface area contributed by atoms with Gasteiger partial charge in [-0.15, -0.1) is 5.92 Å². The van der Waals surface area contributed by atoms with Crippen molar-refractivity contribution in [1.29, 1.82) is 0 Å². The third-order valence-corrected chi connectivity index (χ3v) is 2.33. The fourth-order valence-corrected chi connectivity index (χ4v) is 1.47. The minimum Gasteiger partial charge on any atom is -0.312 e. The minimum atomic E-state index is 0.682. The Bertz CT molecular complexity index is 380. The standard InChI is InChI=1S/C13H21N3/c1-5-6-7-16-10-13(12(4)15-16)9-14-8-11(2)3/h10-11,14H,7-9H2,1-4H3. The zero-order valence-electron chi connectivity index (χ0n) is 10.7. The molecule has 0 amide bonds. The summed E-state index contributed by atoms with van der Waals surface area (Å²) in [4.78, 5) is 0. The summed E-state index contributed by atoms with van der Waals surface area (Å²) in [5.74, 6) is 6.57. The molecule has 1 N–H and O–H groups in total. The summed E-state index contributed by atoms with van der Waals surface area (Å²) in [6.45, 7) is 10.9. The Morgan fingerprint density at radius 3 is 2.88 bits per heavy atom. The zero-order chi connectivity index (χ0) is 12.0. The Balaban J connectivity index is 2.51. The van der Waals surface area contributed by atoms with Gasteiger partial charge in [0.2, 0.25) is 0 Å². The molecule has 0 aromatic carbocycles. The molecule has 0 unspecified atom stereocenters. The highest BCUT2D eigenvalue weighted by Gasteiger charge is 2.03. The van der Waals surface area contributed by atoms with Crippen LogP contribution >= 0.6 is 0 Å². The predicted octanol–water partition coefficient (Wildman–Crippen LogP) is 1.96. The lowest BCUT2D eigenvalue weighted by molar-refractivity contribution is 0.551. The van der Waals surface area contributed by atoms with Gasteiger partial charge in [-0.05, 0) is 26.3 Å². The molecule has 0 radical (unpaired) electrons. The van der Waals surface area contributed by atoms with Crippen LogP contribution in [0.1, 0.15) is 32.0 Å². The van der Waals surface area contributed by atoms with Crippen LogP contribution in [0.3, 0.4) is 0 Å². The van der Waals surface area contributed by atoms with Crippen molar-refractivity contribution < 1.29 is 0 Å². The van der Waals surface area contributed by atoms with Crippen LogP contribution in [0.15, 0.2) is 6.20 Å². The number of hydrogen-bond donors (Lipinski definition) is 1. The van der Waals surface area contributed by atoms with Crippen LogP contribution in [-0.4, -0.2) is 16.3 Å². The van der Waals surface area contributed by atoms with Crippen LogP contribution in [0.4, 0.5) is 0 Å². The van der Waals surface area contributed by atoms with Crippen molar-refractivity contribution in [3.8, 4) is 11.8 Å². The molecule has 1 heterocycles. The van der Waals surface area contributed by atoms with Crippen LogP contribution in [0.25, 0.3) is 0 Å². The lowest BCUT2D eigenvalue weighted by atomic mass is 10.2. The fraction of sp³-hybridized carbons (Fsp3) is 0.615. The molecule has 0 aliphatic rings. The summed E-state index contributed by atoms with van der Waals surface area (Å²) in [6, 6.07) is 0. The van der Waals surface area contributed by atoms with Crippen LogP contribution in [0.5, 0.6) is 0 Å². The Hall–Kier alpha value is -1.27. The monoisotopic (exact) mass is 219 g/mol. The molecule has 88 valence electrons. The van der Waals surface area contributed by atoms with E-state index in [2.05, 4.69) is 42.3 Å². The topological polar surface area (TPSA) is 29.9 Å². The Morgan fingerprint density at radius 1 is 1.50 bits per heavy atom. The second kappa shape index (κ2) is 6.34. The molecule has 0 fully saturated rings. The largest absolute Gasteiger partial charge is 0.312 e. The smallest absolute Gasteiger partial charge is 0.102 e. The molecular formula is C13H21N3. The highest BCUT2D eigenvalue weighted by Crippen LogP contribution is 2.05. The van der Waals surface area contributed by atoms with Crippen LogP contribution in [0, 0.1) is 24.7 Å². The summed E-state index contributed by atoms with van der Waals surface area (Å²) in [7, 11) is 0. The fourth-order valence-electron chi connectivity index (χ4n) is 1.47. The van der Waals surface area contributed by atoms with Crippen LogP contribution in [0.2, 0.25) is 0 Å². The maximum Gasteiger partial charge on any atom is 0.102 e. The molecule has 0 bridgehead atoms. The lowest BCUT2D eigenvalue weighted by Gasteiger charge is -2.05. The minimum absolute atomic E-state index is 0.682. The SMILES string of the molecule is CC#CCn1cc(CNCC(C)C)c(C)n1. The van der Waals surface area contributed by atoms with Gasteiger partial charge in [-0.1, -0.05) is 19.8 Å². The van der Waals surface area contributed by atoms with Gasteiger partial charge >= 0.3 is 0 Å². The average molecular weight is 219 g/mol. The molecule has 3 heteroatoms. The molecule has 0 saturated heterocycles. The molecule has 0 aliphatic heterocycles. The van der Waals surface area contributed by atoms with E-state index in [1.807, 2.05) is 18.5 Å². The lowest BCUT2D eigenvalue weighted by Crippen LogP contribution is -2.19. The highest BCUT2D eigenvalue weighted by atomic mass is 15.3. The van der Waals surface area contributed by atoms with Crippen molar-refractivity contribution in [2.24, 2.45) is 5.92 Å². The van der Waals surface area contributed by atoms with E-state index in [1.165, 1.54) is 5.56 Å². The Labute approximate surface area is 98.2 Å². The van der Waals surface area contributed by atoms with Crippen molar-refractivity contribution in [3.05, 3.63) is 17.5 Å². The first kappa shape index (κ1) is 12.8. The summed E-state index contributed by atoms with van der Waals surface area (Å²) in [5.41, 5.74) is 2.35. The molecule has 0 spiro atoms. The average Bonchev–Trinajstić information content (AvgIpc) is 2.56. The number of nitrogens with one attached hydrogen (secondary N) is 1. The Kier molecular flexibility index (Phi) is 5.07. The van der Waals surface area contributed by atoms with E-state index in [4.69, 9.17) is 0 Å². The number of aromatic nitrogens is 2. The molecule has 1 rings (SSSR count). The van der Waals surface area contributed by atoms with Gasteiger partial charge in [0.15, 0.2) is 0 Å². The van der Waals surface area contributed by atoms with Gasteiger partial charge in [-0.2, -0.15) is 5.10 Å². The van der Waals surface area contributed by atoms with Crippen LogP contribution < -0.4 is 5.32 Å². The van der Waals surface area contributed by atoms with E-state index in [0.717, 1.165) is 18.8 Å². The molecular weight excluding hydrogens is 198 g/mol. The molecule has 16 heavy (non-hydrogen) atoms. The first-order valence-corrected chi connectivity index (χ1v) is 5.76. The molecule has 3 nitrogen and oxygen atoms in total. The molecule has 0 atom stereocenters.